The van der Waals surface area contributed by atoms with Crippen LogP contribution in [-0.4, -0.2) is 10.2 Å². The summed E-state index contributed by atoms with van der Waals surface area (Å²) >= 11 is 1.65. The first-order valence-electron chi connectivity index (χ1n) is 7.04. The second kappa shape index (κ2) is 5.95. The highest BCUT2D eigenvalue weighted by atomic mass is 32.1. The SMILES string of the molecule is CC(C)c1cc(CNCc2csc3ccc(F)cc23)[nH]n1. The molecule has 0 bridgehead atoms. The lowest BCUT2D eigenvalue weighted by Crippen LogP contribution is -2.12. The van der Waals surface area contributed by atoms with Crippen LogP contribution in [0.15, 0.2) is 29.6 Å². The average Bonchev–Trinajstić information content (AvgIpc) is 3.06. The van der Waals surface area contributed by atoms with Crippen molar-refractivity contribution < 1.29 is 4.39 Å². The Morgan fingerprint density at radius 3 is 2.90 bits per heavy atom. The molecule has 1 aromatic carbocycles. The van der Waals surface area contributed by atoms with E-state index in [4.69, 9.17) is 0 Å². The van der Waals surface area contributed by atoms with Crippen LogP contribution in [0.4, 0.5) is 4.39 Å². The van der Waals surface area contributed by atoms with E-state index in [0.717, 1.165) is 40.1 Å². The van der Waals surface area contributed by atoms with Crippen molar-refractivity contribution >= 4 is 21.4 Å². The molecule has 5 heteroatoms. The third-order valence-electron chi connectivity index (χ3n) is 3.49. The van der Waals surface area contributed by atoms with E-state index in [1.807, 2.05) is 6.07 Å². The topological polar surface area (TPSA) is 40.7 Å². The van der Waals surface area contributed by atoms with E-state index in [9.17, 15) is 4.39 Å². The molecule has 0 radical (unpaired) electrons. The van der Waals surface area contributed by atoms with Crippen molar-refractivity contribution in [2.75, 3.05) is 0 Å². The van der Waals surface area contributed by atoms with Gasteiger partial charge in [-0.3, -0.25) is 5.10 Å². The van der Waals surface area contributed by atoms with E-state index in [0.29, 0.717) is 5.92 Å². The number of halogens is 1. The highest BCUT2D eigenvalue weighted by molar-refractivity contribution is 7.17. The fourth-order valence-corrected chi connectivity index (χ4v) is 3.23. The van der Waals surface area contributed by atoms with E-state index < -0.39 is 0 Å². The van der Waals surface area contributed by atoms with Gasteiger partial charge in [0.25, 0.3) is 0 Å². The molecule has 0 atom stereocenters. The van der Waals surface area contributed by atoms with Gasteiger partial charge in [-0.2, -0.15) is 5.10 Å². The number of nitrogens with one attached hydrogen (secondary N) is 2. The maximum Gasteiger partial charge on any atom is 0.123 e. The van der Waals surface area contributed by atoms with E-state index in [-0.39, 0.29) is 5.82 Å². The van der Waals surface area contributed by atoms with Crippen LogP contribution in [0.25, 0.3) is 10.1 Å². The largest absolute Gasteiger partial charge is 0.307 e. The molecule has 0 saturated heterocycles. The number of H-pyrrole nitrogens is 1. The molecule has 0 unspecified atom stereocenters. The zero-order valence-corrected chi connectivity index (χ0v) is 12.9. The highest BCUT2D eigenvalue weighted by Crippen LogP contribution is 2.26. The Morgan fingerprint density at radius 1 is 1.29 bits per heavy atom. The third kappa shape index (κ3) is 3.14. The molecule has 0 aliphatic carbocycles. The number of benzene rings is 1. The van der Waals surface area contributed by atoms with Gasteiger partial charge in [-0.05, 0) is 46.5 Å². The number of thiophene rings is 1. The standard InChI is InChI=1S/C16H18FN3S/c1-10(2)15-6-13(19-20-15)8-18-7-11-9-21-16-4-3-12(17)5-14(11)16/h3-6,9-10,18H,7-8H2,1-2H3,(H,19,20). The Balaban J connectivity index is 1.65. The normalized spacial score (nSPS) is 11.6. The maximum atomic E-state index is 13.3. The van der Waals surface area contributed by atoms with Gasteiger partial charge in [0, 0.05) is 23.5 Å². The molecule has 21 heavy (non-hydrogen) atoms. The van der Waals surface area contributed by atoms with Crippen molar-refractivity contribution in [2.24, 2.45) is 0 Å². The fourth-order valence-electron chi connectivity index (χ4n) is 2.29. The molecule has 110 valence electrons. The van der Waals surface area contributed by atoms with E-state index in [1.165, 1.54) is 6.07 Å². The number of nitrogens with zero attached hydrogens (tertiary/aromatic N) is 1. The lowest BCUT2D eigenvalue weighted by Gasteiger charge is -2.02. The number of fused-ring (bicyclic) bond motifs is 1. The van der Waals surface area contributed by atoms with Crippen LogP contribution >= 0.6 is 11.3 Å². The first kappa shape index (κ1) is 14.2. The molecule has 2 aromatic heterocycles. The second-order valence-electron chi connectivity index (χ2n) is 5.48. The maximum absolute atomic E-state index is 13.3. The molecule has 0 spiro atoms. The van der Waals surface area contributed by atoms with Gasteiger partial charge in [0.1, 0.15) is 5.82 Å². The fraction of sp³-hybridized carbons (Fsp3) is 0.312. The van der Waals surface area contributed by atoms with Gasteiger partial charge in [-0.15, -0.1) is 11.3 Å². The van der Waals surface area contributed by atoms with Crippen LogP contribution in [0.3, 0.4) is 0 Å². The summed E-state index contributed by atoms with van der Waals surface area (Å²) in [6, 6.07) is 7.04. The monoisotopic (exact) mass is 303 g/mol. The Labute approximate surface area is 127 Å². The summed E-state index contributed by atoms with van der Waals surface area (Å²) in [5.41, 5.74) is 3.29. The van der Waals surface area contributed by atoms with Crippen LogP contribution < -0.4 is 5.32 Å². The van der Waals surface area contributed by atoms with Gasteiger partial charge in [0.2, 0.25) is 0 Å². The Hall–Kier alpha value is -1.72. The summed E-state index contributed by atoms with van der Waals surface area (Å²) in [5, 5.41) is 13.8. The van der Waals surface area contributed by atoms with E-state index in [2.05, 4.69) is 40.8 Å². The number of aromatic amines is 1. The van der Waals surface area contributed by atoms with Crippen LogP contribution in [0.1, 0.15) is 36.7 Å². The number of rotatable bonds is 5. The molecule has 2 N–H and O–H groups in total. The Kier molecular flexibility index (Phi) is 4.03. The minimum absolute atomic E-state index is 0.183. The van der Waals surface area contributed by atoms with Crippen molar-refractivity contribution in [3.63, 3.8) is 0 Å². The smallest absolute Gasteiger partial charge is 0.123 e. The van der Waals surface area contributed by atoms with Gasteiger partial charge >= 0.3 is 0 Å². The van der Waals surface area contributed by atoms with Crippen LogP contribution in [0, 0.1) is 5.82 Å². The summed E-state index contributed by atoms with van der Waals surface area (Å²) in [7, 11) is 0. The van der Waals surface area contributed by atoms with E-state index in [1.54, 1.807) is 17.4 Å². The van der Waals surface area contributed by atoms with Gasteiger partial charge in [0.15, 0.2) is 0 Å². The average molecular weight is 303 g/mol. The van der Waals surface area contributed by atoms with Crippen LogP contribution in [0.5, 0.6) is 0 Å². The first-order valence-corrected chi connectivity index (χ1v) is 7.92. The summed E-state index contributed by atoms with van der Waals surface area (Å²) in [6.07, 6.45) is 0. The van der Waals surface area contributed by atoms with Gasteiger partial charge in [-0.25, -0.2) is 4.39 Å². The molecule has 2 heterocycles. The predicted molar refractivity (Wildman–Crippen MR) is 85.0 cm³/mol. The van der Waals surface area contributed by atoms with Crippen LogP contribution in [0.2, 0.25) is 0 Å². The Bertz CT molecular complexity index is 745. The molecule has 0 saturated carbocycles. The van der Waals surface area contributed by atoms with Crippen molar-refractivity contribution in [1.29, 1.82) is 0 Å². The molecule has 0 aliphatic heterocycles. The molecule has 3 nitrogen and oxygen atoms in total. The highest BCUT2D eigenvalue weighted by Gasteiger charge is 2.07. The summed E-state index contributed by atoms with van der Waals surface area (Å²) in [5.74, 6) is 0.246. The molecule has 3 rings (SSSR count). The van der Waals surface area contributed by atoms with Gasteiger partial charge in [0.05, 0.1) is 5.69 Å². The van der Waals surface area contributed by atoms with Crippen molar-refractivity contribution in [3.8, 4) is 0 Å². The zero-order chi connectivity index (χ0) is 14.8. The molecule has 0 aliphatic rings. The molecule has 0 fully saturated rings. The van der Waals surface area contributed by atoms with Crippen molar-refractivity contribution in [1.82, 2.24) is 15.5 Å². The zero-order valence-electron chi connectivity index (χ0n) is 12.1. The molecular weight excluding hydrogens is 285 g/mol. The quantitative estimate of drug-likeness (QED) is 0.742. The molecular formula is C16H18FN3S. The van der Waals surface area contributed by atoms with Gasteiger partial charge < -0.3 is 5.32 Å². The first-order chi connectivity index (χ1) is 10.1. The second-order valence-corrected chi connectivity index (χ2v) is 6.39. The van der Waals surface area contributed by atoms with Gasteiger partial charge in [-0.1, -0.05) is 13.8 Å². The number of aromatic nitrogens is 2. The van der Waals surface area contributed by atoms with Crippen molar-refractivity contribution in [2.45, 2.75) is 32.9 Å². The summed E-state index contributed by atoms with van der Waals surface area (Å²) in [4.78, 5) is 0. The summed E-state index contributed by atoms with van der Waals surface area (Å²) < 4.78 is 14.5. The van der Waals surface area contributed by atoms with Crippen molar-refractivity contribution in [3.05, 3.63) is 52.4 Å². The van der Waals surface area contributed by atoms with Crippen LogP contribution in [-0.2, 0) is 13.1 Å². The minimum atomic E-state index is -0.183. The number of hydrogen-bond acceptors (Lipinski definition) is 3. The summed E-state index contributed by atoms with van der Waals surface area (Å²) in [6.45, 7) is 5.70. The predicted octanol–water partition coefficient (Wildman–Crippen LogP) is 4.18. The molecule has 0 amide bonds. The minimum Gasteiger partial charge on any atom is -0.307 e. The van der Waals surface area contributed by atoms with E-state index >= 15 is 0 Å². The lowest BCUT2D eigenvalue weighted by atomic mass is 10.1. The Morgan fingerprint density at radius 2 is 2.14 bits per heavy atom. The third-order valence-corrected chi connectivity index (χ3v) is 4.50. The molecule has 3 aromatic rings. The number of hydrogen-bond donors (Lipinski definition) is 2. The lowest BCUT2D eigenvalue weighted by molar-refractivity contribution is 0.629.